The van der Waals surface area contributed by atoms with Crippen molar-refractivity contribution in [1.82, 2.24) is 10.1 Å². The minimum Gasteiger partial charge on any atom is -0.435 e. The van der Waals surface area contributed by atoms with E-state index < -0.39 is 6.61 Å². The molecule has 19 heavy (non-hydrogen) atoms. The van der Waals surface area contributed by atoms with Crippen molar-refractivity contribution in [3.05, 3.63) is 41.5 Å². The predicted octanol–water partition coefficient (Wildman–Crippen LogP) is 3.14. The Hall–Kier alpha value is -1.98. The molecule has 2 aromatic rings. The number of hydrogen-bond acceptors (Lipinski definition) is 4. The van der Waals surface area contributed by atoms with Gasteiger partial charge < -0.3 is 9.26 Å². The number of ether oxygens (including phenoxy) is 1. The van der Waals surface area contributed by atoms with Crippen LogP contribution in [0.4, 0.5) is 8.78 Å². The fourth-order valence-electron chi connectivity index (χ4n) is 1.85. The monoisotopic (exact) mass is 266 g/mol. The van der Waals surface area contributed by atoms with Crippen LogP contribution in [0, 0.1) is 0 Å². The molecule has 1 heterocycles. The van der Waals surface area contributed by atoms with Crippen molar-refractivity contribution in [2.24, 2.45) is 0 Å². The smallest absolute Gasteiger partial charge is 0.387 e. The molecule has 1 aliphatic rings. The Bertz CT molecular complexity index is 567. The highest BCUT2D eigenvalue weighted by Crippen LogP contribution is 2.38. The van der Waals surface area contributed by atoms with Crippen LogP contribution in [0.1, 0.15) is 36.0 Å². The van der Waals surface area contributed by atoms with E-state index in [1.807, 2.05) is 0 Å². The average Bonchev–Trinajstić information content (AvgIpc) is 3.10. The van der Waals surface area contributed by atoms with Crippen molar-refractivity contribution < 1.29 is 18.0 Å². The molecule has 0 atom stereocenters. The minimum absolute atomic E-state index is 0.134. The molecule has 0 aliphatic heterocycles. The molecule has 0 N–H and O–H groups in total. The summed E-state index contributed by atoms with van der Waals surface area (Å²) in [5.74, 6) is 1.81. The highest BCUT2D eigenvalue weighted by atomic mass is 19.3. The number of nitrogens with zero attached hydrogens (tertiary/aromatic N) is 2. The van der Waals surface area contributed by atoms with Crippen LogP contribution in [-0.2, 0) is 6.42 Å². The lowest BCUT2D eigenvalue weighted by atomic mass is 10.1. The molecule has 0 radical (unpaired) electrons. The lowest BCUT2D eigenvalue weighted by molar-refractivity contribution is -0.0498. The predicted molar refractivity (Wildman–Crippen MR) is 62.2 cm³/mol. The third kappa shape index (κ3) is 3.07. The summed E-state index contributed by atoms with van der Waals surface area (Å²) in [6.07, 6.45) is 2.63. The second-order valence-electron chi connectivity index (χ2n) is 4.52. The molecule has 1 saturated carbocycles. The maximum atomic E-state index is 12.1. The van der Waals surface area contributed by atoms with Gasteiger partial charge in [0.05, 0.1) is 6.42 Å². The van der Waals surface area contributed by atoms with Crippen LogP contribution >= 0.6 is 0 Å². The summed E-state index contributed by atoms with van der Waals surface area (Å²) in [4.78, 5) is 4.29. The second kappa shape index (κ2) is 4.95. The first kappa shape index (κ1) is 12.1. The van der Waals surface area contributed by atoms with Gasteiger partial charge in [0.25, 0.3) is 0 Å². The van der Waals surface area contributed by atoms with Gasteiger partial charge in [-0.25, -0.2) is 0 Å². The molecule has 0 spiro atoms. The molecule has 1 fully saturated rings. The molecule has 0 saturated heterocycles. The van der Waals surface area contributed by atoms with Gasteiger partial charge >= 0.3 is 6.61 Å². The third-order valence-corrected chi connectivity index (χ3v) is 2.91. The minimum atomic E-state index is -2.82. The summed E-state index contributed by atoms with van der Waals surface area (Å²) >= 11 is 0. The van der Waals surface area contributed by atoms with Crippen LogP contribution in [-0.4, -0.2) is 16.8 Å². The average molecular weight is 266 g/mol. The topological polar surface area (TPSA) is 48.2 Å². The van der Waals surface area contributed by atoms with Crippen LogP contribution in [0.2, 0.25) is 0 Å². The molecule has 0 bridgehead atoms. The van der Waals surface area contributed by atoms with Gasteiger partial charge in [-0.05, 0) is 30.5 Å². The Morgan fingerprint density at radius 1 is 1.37 bits per heavy atom. The Kier molecular flexibility index (Phi) is 3.15. The van der Waals surface area contributed by atoms with Crippen molar-refractivity contribution in [3.63, 3.8) is 0 Å². The summed E-state index contributed by atoms with van der Waals surface area (Å²) in [5, 5.41) is 3.91. The quantitative estimate of drug-likeness (QED) is 0.834. The molecule has 3 rings (SSSR count). The molecular weight excluding hydrogens is 254 g/mol. The Balaban J connectivity index is 1.70. The summed E-state index contributed by atoms with van der Waals surface area (Å²) in [6.45, 7) is -2.82. The number of hydrogen-bond donors (Lipinski definition) is 0. The van der Waals surface area contributed by atoms with Crippen LogP contribution in [0.15, 0.2) is 28.8 Å². The lowest BCUT2D eigenvalue weighted by Gasteiger charge is -2.05. The first-order valence-corrected chi connectivity index (χ1v) is 6.07. The molecule has 4 nitrogen and oxygen atoms in total. The molecule has 1 aromatic heterocycles. The standard InChI is InChI=1S/C13H12F2N2O2/c14-13(15)18-10-3-1-2-8(6-10)7-11-16-12(17-19-11)9-4-5-9/h1-3,6,9,13H,4-5,7H2. The zero-order valence-electron chi connectivity index (χ0n) is 10.1. The molecule has 0 unspecified atom stereocenters. The summed E-state index contributed by atoms with van der Waals surface area (Å²) < 4.78 is 33.7. The highest BCUT2D eigenvalue weighted by Gasteiger charge is 2.28. The van der Waals surface area contributed by atoms with Crippen molar-refractivity contribution in [2.75, 3.05) is 0 Å². The van der Waals surface area contributed by atoms with Crippen molar-refractivity contribution >= 4 is 0 Å². The Morgan fingerprint density at radius 2 is 2.21 bits per heavy atom. The van der Waals surface area contributed by atoms with Crippen LogP contribution < -0.4 is 4.74 Å². The molecule has 100 valence electrons. The van der Waals surface area contributed by atoms with E-state index in [1.165, 1.54) is 6.07 Å². The normalized spacial score (nSPS) is 14.9. The molecular formula is C13H12F2N2O2. The van der Waals surface area contributed by atoms with Crippen molar-refractivity contribution in [2.45, 2.75) is 31.8 Å². The number of alkyl halides is 2. The molecule has 6 heteroatoms. The number of benzene rings is 1. The van der Waals surface area contributed by atoms with E-state index in [9.17, 15) is 8.78 Å². The zero-order chi connectivity index (χ0) is 13.2. The lowest BCUT2D eigenvalue weighted by Crippen LogP contribution is -2.02. The van der Waals surface area contributed by atoms with E-state index in [0.29, 0.717) is 18.2 Å². The van der Waals surface area contributed by atoms with E-state index in [1.54, 1.807) is 18.2 Å². The second-order valence-corrected chi connectivity index (χ2v) is 4.52. The van der Waals surface area contributed by atoms with Gasteiger partial charge in [0.2, 0.25) is 5.89 Å². The Labute approximate surface area is 108 Å². The van der Waals surface area contributed by atoms with E-state index in [-0.39, 0.29) is 5.75 Å². The fraction of sp³-hybridized carbons (Fsp3) is 0.385. The number of aromatic nitrogens is 2. The van der Waals surface area contributed by atoms with Gasteiger partial charge in [-0.15, -0.1) is 0 Å². The van der Waals surface area contributed by atoms with Crippen LogP contribution in [0.3, 0.4) is 0 Å². The maximum Gasteiger partial charge on any atom is 0.387 e. The van der Waals surface area contributed by atoms with Gasteiger partial charge in [-0.3, -0.25) is 0 Å². The largest absolute Gasteiger partial charge is 0.435 e. The van der Waals surface area contributed by atoms with Gasteiger partial charge in [0.15, 0.2) is 5.82 Å². The number of rotatable bonds is 5. The summed E-state index contributed by atoms with van der Waals surface area (Å²) in [7, 11) is 0. The fourth-order valence-corrected chi connectivity index (χ4v) is 1.85. The SMILES string of the molecule is FC(F)Oc1cccc(Cc2nc(C3CC3)no2)c1. The van der Waals surface area contributed by atoms with Gasteiger partial charge in [0.1, 0.15) is 5.75 Å². The maximum absolute atomic E-state index is 12.1. The highest BCUT2D eigenvalue weighted by molar-refractivity contribution is 5.30. The van der Waals surface area contributed by atoms with Gasteiger partial charge in [-0.2, -0.15) is 13.8 Å². The Morgan fingerprint density at radius 3 is 2.95 bits per heavy atom. The van der Waals surface area contributed by atoms with Gasteiger partial charge in [0, 0.05) is 5.92 Å². The zero-order valence-corrected chi connectivity index (χ0v) is 10.1. The van der Waals surface area contributed by atoms with Crippen molar-refractivity contribution in [1.29, 1.82) is 0 Å². The molecule has 1 aliphatic carbocycles. The third-order valence-electron chi connectivity index (χ3n) is 2.91. The molecule has 0 amide bonds. The van der Waals surface area contributed by atoms with E-state index in [2.05, 4.69) is 14.9 Å². The molecule has 1 aromatic carbocycles. The van der Waals surface area contributed by atoms with Crippen LogP contribution in [0.25, 0.3) is 0 Å². The van der Waals surface area contributed by atoms with Gasteiger partial charge in [-0.1, -0.05) is 17.3 Å². The van der Waals surface area contributed by atoms with E-state index in [0.717, 1.165) is 24.2 Å². The van der Waals surface area contributed by atoms with Crippen molar-refractivity contribution in [3.8, 4) is 5.75 Å². The van der Waals surface area contributed by atoms with E-state index >= 15 is 0 Å². The summed E-state index contributed by atoms with van der Waals surface area (Å²) in [6, 6.07) is 6.50. The summed E-state index contributed by atoms with van der Waals surface area (Å²) in [5.41, 5.74) is 0.796. The van der Waals surface area contributed by atoms with Crippen LogP contribution in [0.5, 0.6) is 5.75 Å². The first-order chi connectivity index (χ1) is 9.20. The number of halogens is 2. The van der Waals surface area contributed by atoms with E-state index in [4.69, 9.17) is 4.52 Å². The first-order valence-electron chi connectivity index (χ1n) is 6.07.